The van der Waals surface area contributed by atoms with Crippen LogP contribution in [0.5, 0.6) is 0 Å². The summed E-state index contributed by atoms with van der Waals surface area (Å²) in [6.45, 7) is 10.5. The molecule has 1 aromatic heterocycles. The summed E-state index contributed by atoms with van der Waals surface area (Å²) in [4.78, 5) is 12.4. The first-order valence-corrected chi connectivity index (χ1v) is 9.94. The van der Waals surface area contributed by atoms with Gasteiger partial charge in [0.2, 0.25) is 0 Å². The van der Waals surface area contributed by atoms with Crippen LogP contribution in [0.3, 0.4) is 0 Å². The van der Waals surface area contributed by atoms with Gasteiger partial charge in [-0.15, -0.1) is 0 Å². The average molecular weight is 332 g/mol. The molecule has 2 fully saturated rings. The normalized spacial score (nSPS) is 25.0. The summed E-state index contributed by atoms with van der Waals surface area (Å²) in [5.74, 6) is 2.23. The summed E-state index contributed by atoms with van der Waals surface area (Å²) in [5.41, 5.74) is 1.42. The standard InChI is InChI=1S/C19H33N5/c1-21-7-9-22(10-8-21)15-18-13-20-19-16-23(11-12-24(18)19)14-17-5-3-2-4-6-17/h13,17H,2-12,14-16H2,1H3. The second kappa shape index (κ2) is 7.54. The van der Waals surface area contributed by atoms with Crippen LogP contribution in [0.25, 0.3) is 0 Å². The number of likely N-dealkylation sites (N-methyl/N-ethyl adjacent to an activating group) is 1. The van der Waals surface area contributed by atoms with E-state index in [2.05, 4.69) is 32.5 Å². The Morgan fingerprint density at radius 2 is 1.71 bits per heavy atom. The van der Waals surface area contributed by atoms with Crippen LogP contribution in [-0.2, 0) is 19.6 Å². The highest BCUT2D eigenvalue weighted by Crippen LogP contribution is 2.26. The maximum atomic E-state index is 4.76. The van der Waals surface area contributed by atoms with Crippen molar-refractivity contribution in [3.63, 3.8) is 0 Å². The third-order valence-corrected chi connectivity index (χ3v) is 6.25. The molecule has 3 heterocycles. The lowest BCUT2D eigenvalue weighted by Crippen LogP contribution is -2.44. The van der Waals surface area contributed by atoms with Crippen LogP contribution in [0.1, 0.15) is 43.6 Å². The molecule has 1 aliphatic carbocycles. The van der Waals surface area contributed by atoms with Gasteiger partial charge in [-0.05, 0) is 25.8 Å². The van der Waals surface area contributed by atoms with E-state index in [0.29, 0.717) is 0 Å². The number of aromatic nitrogens is 2. The van der Waals surface area contributed by atoms with Gasteiger partial charge < -0.3 is 9.47 Å². The molecule has 0 atom stereocenters. The summed E-state index contributed by atoms with van der Waals surface area (Å²) in [7, 11) is 2.22. The van der Waals surface area contributed by atoms with Crippen LogP contribution in [0.2, 0.25) is 0 Å². The van der Waals surface area contributed by atoms with E-state index in [9.17, 15) is 0 Å². The molecule has 5 nitrogen and oxygen atoms in total. The Morgan fingerprint density at radius 1 is 0.958 bits per heavy atom. The van der Waals surface area contributed by atoms with Crippen LogP contribution in [-0.4, -0.2) is 70.6 Å². The van der Waals surface area contributed by atoms with Crippen molar-refractivity contribution in [2.75, 3.05) is 46.3 Å². The van der Waals surface area contributed by atoms with E-state index in [1.807, 2.05) is 0 Å². The van der Waals surface area contributed by atoms with Gasteiger partial charge >= 0.3 is 0 Å². The third kappa shape index (κ3) is 3.84. The van der Waals surface area contributed by atoms with E-state index in [-0.39, 0.29) is 0 Å². The minimum Gasteiger partial charge on any atom is -0.328 e. The largest absolute Gasteiger partial charge is 0.328 e. The molecule has 5 heteroatoms. The molecule has 0 radical (unpaired) electrons. The first-order chi connectivity index (χ1) is 11.8. The van der Waals surface area contributed by atoms with Gasteiger partial charge in [-0.25, -0.2) is 4.98 Å². The van der Waals surface area contributed by atoms with E-state index in [4.69, 9.17) is 4.98 Å². The first-order valence-electron chi connectivity index (χ1n) is 9.94. The summed E-state index contributed by atoms with van der Waals surface area (Å²) in [6, 6.07) is 0. The molecular weight excluding hydrogens is 298 g/mol. The highest BCUT2D eigenvalue weighted by atomic mass is 15.3. The van der Waals surface area contributed by atoms with Gasteiger partial charge in [0.1, 0.15) is 5.82 Å². The molecule has 0 bridgehead atoms. The molecule has 1 saturated carbocycles. The first kappa shape index (κ1) is 16.6. The highest BCUT2D eigenvalue weighted by Gasteiger charge is 2.24. The third-order valence-electron chi connectivity index (χ3n) is 6.25. The number of hydrogen-bond acceptors (Lipinski definition) is 4. The monoisotopic (exact) mass is 331 g/mol. The van der Waals surface area contributed by atoms with Crippen molar-refractivity contribution >= 4 is 0 Å². The van der Waals surface area contributed by atoms with Gasteiger partial charge in [-0.1, -0.05) is 19.3 Å². The summed E-state index contributed by atoms with van der Waals surface area (Å²) < 4.78 is 2.50. The summed E-state index contributed by atoms with van der Waals surface area (Å²) in [5, 5.41) is 0. The Hall–Kier alpha value is -0.910. The zero-order valence-electron chi connectivity index (χ0n) is 15.3. The number of fused-ring (bicyclic) bond motifs is 1. The number of imidazole rings is 1. The minimum absolute atomic E-state index is 0.935. The maximum Gasteiger partial charge on any atom is 0.123 e. The molecular formula is C19H33N5. The SMILES string of the molecule is CN1CCN(Cc2cnc3n2CCN(CC2CCCCC2)C3)CC1. The number of hydrogen-bond donors (Lipinski definition) is 0. The van der Waals surface area contributed by atoms with Crippen molar-refractivity contribution in [2.45, 2.75) is 51.7 Å². The summed E-state index contributed by atoms with van der Waals surface area (Å²) >= 11 is 0. The van der Waals surface area contributed by atoms with Gasteiger partial charge in [-0.3, -0.25) is 9.80 Å². The Bertz CT molecular complexity index is 526. The second-order valence-electron chi connectivity index (χ2n) is 8.14. The lowest BCUT2D eigenvalue weighted by molar-refractivity contribution is 0.140. The number of nitrogens with zero attached hydrogens (tertiary/aromatic N) is 5. The molecule has 2 aliphatic heterocycles. The lowest BCUT2D eigenvalue weighted by atomic mass is 9.89. The van der Waals surface area contributed by atoms with Crippen molar-refractivity contribution < 1.29 is 0 Å². The molecule has 1 aromatic rings. The number of piperazine rings is 1. The molecule has 24 heavy (non-hydrogen) atoms. The second-order valence-corrected chi connectivity index (χ2v) is 8.14. The van der Waals surface area contributed by atoms with Crippen molar-refractivity contribution in [3.05, 3.63) is 17.7 Å². The Kier molecular flexibility index (Phi) is 5.20. The molecule has 134 valence electrons. The fourth-order valence-electron chi connectivity index (χ4n) is 4.63. The Labute approximate surface area is 146 Å². The molecule has 0 unspecified atom stereocenters. The molecule has 4 rings (SSSR count). The smallest absolute Gasteiger partial charge is 0.123 e. The highest BCUT2D eigenvalue weighted by molar-refractivity contribution is 5.08. The van der Waals surface area contributed by atoms with E-state index < -0.39 is 0 Å². The summed E-state index contributed by atoms with van der Waals surface area (Å²) in [6.07, 6.45) is 9.37. The Morgan fingerprint density at radius 3 is 2.50 bits per heavy atom. The lowest BCUT2D eigenvalue weighted by Gasteiger charge is -2.34. The van der Waals surface area contributed by atoms with E-state index >= 15 is 0 Å². The number of rotatable bonds is 4. The molecule has 0 spiro atoms. The van der Waals surface area contributed by atoms with Crippen LogP contribution in [0.15, 0.2) is 6.20 Å². The molecule has 3 aliphatic rings. The van der Waals surface area contributed by atoms with Crippen LogP contribution in [0, 0.1) is 5.92 Å². The molecule has 0 aromatic carbocycles. The quantitative estimate of drug-likeness (QED) is 0.844. The van der Waals surface area contributed by atoms with E-state index in [1.165, 1.54) is 82.9 Å². The van der Waals surface area contributed by atoms with Gasteiger partial charge in [0.05, 0.1) is 12.2 Å². The van der Waals surface area contributed by atoms with Crippen molar-refractivity contribution in [1.29, 1.82) is 0 Å². The van der Waals surface area contributed by atoms with Crippen molar-refractivity contribution in [3.8, 4) is 0 Å². The van der Waals surface area contributed by atoms with Gasteiger partial charge in [0.15, 0.2) is 0 Å². The van der Waals surface area contributed by atoms with Crippen molar-refractivity contribution in [2.24, 2.45) is 5.92 Å². The zero-order chi connectivity index (χ0) is 16.4. The van der Waals surface area contributed by atoms with Crippen molar-refractivity contribution in [1.82, 2.24) is 24.3 Å². The van der Waals surface area contributed by atoms with Gasteiger partial charge in [0, 0.05) is 58.6 Å². The molecule has 1 saturated heterocycles. The zero-order valence-corrected chi connectivity index (χ0v) is 15.3. The van der Waals surface area contributed by atoms with Gasteiger partial charge in [-0.2, -0.15) is 0 Å². The average Bonchev–Trinajstić information content (AvgIpc) is 3.00. The van der Waals surface area contributed by atoms with E-state index in [0.717, 1.165) is 25.6 Å². The fraction of sp³-hybridized carbons (Fsp3) is 0.842. The molecule has 0 amide bonds. The van der Waals surface area contributed by atoms with Crippen LogP contribution >= 0.6 is 0 Å². The molecule has 0 N–H and O–H groups in total. The van der Waals surface area contributed by atoms with E-state index in [1.54, 1.807) is 0 Å². The Balaban J connectivity index is 1.33. The predicted octanol–water partition coefficient (Wildman–Crippen LogP) is 2.03. The van der Waals surface area contributed by atoms with Crippen LogP contribution in [0.4, 0.5) is 0 Å². The minimum atomic E-state index is 0.935. The van der Waals surface area contributed by atoms with Crippen LogP contribution < -0.4 is 0 Å². The maximum absolute atomic E-state index is 4.76. The van der Waals surface area contributed by atoms with Gasteiger partial charge in [0.25, 0.3) is 0 Å². The fourth-order valence-corrected chi connectivity index (χ4v) is 4.63. The topological polar surface area (TPSA) is 27.5 Å². The predicted molar refractivity (Wildman–Crippen MR) is 96.9 cm³/mol.